The zero-order chi connectivity index (χ0) is 16.7. The molecule has 2 N–H and O–H groups in total. The van der Waals surface area contributed by atoms with Crippen molar-refractivity contribution in [1.29, 1.82) is 0 Å². The smallest absolute Gasteiger partial charge is 0.229 e. The van der Waals surface area contributed by atoms with Crippen molar-refractivity contribution in [2.24, 2.45) is 13.0 Å². The lowest BCUT2D eigenvalue weighted by molar-refractivity contribution is 0.167. The Morgan fingerprint density at radius 3 is 2.54 bits per heavy atom. The third-order valence-corrected chi connectivity index (χ3v) is 5.83. The quantitative estimate of drug-likeness (QED) is 0.923. The van der Waals surface area contributed by atoms with Crippen molar-refractivity contribution in [2.75, 3.05) is 36.8 Å². The number of nitrogen functional groups attached to an aromatic ring is 1. The molecule has 24 heavy (non-hydrogen) atoms. The molecule has 4 heterocycles. The van der Waals surface area contributed by atoms with E-state index >= 15 is 0 Å². The van der Waals surface area contributed by atoms with Gasteiger partial charge in [-0.2, -0.15) is 15.1 Å². The van der Waals surface area contributed by atoms with Crippen LogP contribution in [0, 0.1) is 5.92 Å². The maximum absolute atomic E-state index is 6.10. The average molecular weight is 329 g/mol. The van der Waals surface area contributed by atoms with Crippen LogP contribution in [0.5, 0.6) is 0 Å². The number of anilines is 2. The van der Waals surface area contributed by atoms with E-state index in [9.17, 15) is 0 Å². The summed E-state index contributed by atoms with van der Waals surface area (Å²) in [4.78, 5) is 14.1. The lowest BCUT2D eigenvalue weighted by Gasteiger charge is -2.38. The molecule has 130 valence electrons. The molecule has 1 atom stereocenters. The third-order valence-electron chi connectivity index (χ3n) is 5.83. The Labute approximate surface area is 142 Å². The van der Waals surface area contributed by atoms with Crippen LogP contribution in [0.3, 0.4) is 0 Å². The van der Waals surface area contributed by atoms with Gasteiger partial charge in [-0.05, 0) is 51.6 Å². The minimum atomic E-state index is 0.524. The van der Waals surface area contributed by atoms with Gasteiger partial charge in [0.2, 0.25) is 5.95 Å². The fourth-order valence-corrected chi connectivity index (χ4v) is 4.20. The van der Waals surface area contributed by atoms with Crippen molar-refractivity contribution in [2.45, 2.75) is 38.6 Å². The first-order chi connectivity index (χ1) is 11.6. The molecule has 1 unspecified atom stereocenters. The number of fused-ring (bicyclic) bond motifs is 1. The number of aryl methyl sites for hydroxylation is 1. The summed E-state index contributed by atoms with van der Waals surface area (Å²) >= 11 is 0. The van der Waals surface area contributed by atoms with Gasteiger partial charge in [0.05, 0.1) is 11.6 Å². The van der Waals surface area contributed by atoms with Gasteiger partial charge in [0.25, 0.3) is 0 Å². The number of rotatable bonds is 3. The number of piperidine rings is 1. The van der Waals surface area contributed by atoms with Crippen molar-refractivity contribution in [3.8, 4) is 0 Å². The van der Waals surface area contributed by atoms with E-state index in [-0.39, 0.29) is 0 Å². The number of nitrogens with zero attached hydrogens (tertiary/aromatic N) is 6. The van der Waals surface area contributed by atoms with Gasteiger partial charge in [-0.25, -0.2) is 0 Å². The fraction of sp³-hybridized carbons (Fsp3) is 0.706. The van der Waals surface area contributed by atoms with Crippen molar-refractivity contribution >= 4 is 22.8 Å². The number of aromatic nitrogens is 4. The molecule has 2 saturated heterocycles. The molecule has 0 aliphatic carbocycles. The number of likely N-dealkylation sites (tertiary alicyclic amines) is 1. The highest BCUT2D eigenvalue weighted by Crippen LogP contribution is 2.29. The van der Waals surface area contributed by atoms with E-state index in [1.54, 1.807) is 10.9 Å². The molecule has 2 fully saturated rings. The highest BCUT2D eigenvalue weighted by molar-refractivity contribution is 5.86. The average Bonchev–Trinajstić information content (AvgIpc) is 3.25. The van der Waals surface area contributed by atoms with E-state index in [0.717, 1.165) is 36.0 Å². The summed E-state index contributed by atoms with van der Waals surface area (Å²) in [6, 6.07) is 0.695. The van der Waals surface area contributed by atoms with Crippen LogP contribution in [-0.4, -0.2) is 56.9 Å². The van der Waals surface area contributed by atoms with Gasteiger partial charge in [0.15, 0.2) is 5.65 Å². The van der Waals surface area contributed by atoms with Crippen LogP contribution in [0.1, 0.15) is 32.6 Å². The standard InChI is InChI=1S/C17H27N7/c1-12(23-7-3-4-8-23)13-5-9-24(10-6-13)17-20-15(18)14-11-19-22(2)16(14)21-17/h11-13H,3-10H2,1-2H3,(H2,18,20,21). The van der Waals surface area contributed by atoms with E-state index in [1.807, 2.05) is 7.05 Å². The van der Waals surface area contributed by atoms with E-state index in [0.29, 0.717) is 11.9 Å². The van der Waals surface area contributed by atoms with Crippen LogP contribution in [0.2, 0.25) is 0 Å². The van der Waals surface area contributed by atoms with E-state index in [4.69, 9.17) is 10.7 Å². The highest BCUT2D eigenvalue weighted by atomic mass is 15.3. The molecule has 0 amide bonds. The summed E-state index contributed by atoms with van der Waals surface area (Å²) in [6.45, 7) is 6.97. The summed E-state index contributed by atoms with van der Waals surface area (Å²) in [6.07, 6.45) is 6.86. The number of hydrogen-bond donors (Lipinski definition) is 1. The maximum Gasteiger partial charge on any atom is 0.229 e. The SMILES string of the molecule is CC(C1CCN(c2nc(N)c3cnn(C)c3n2)CC1)N1CCCC1. The van der Waals surface area contributed by atoms with Gasteiger partial charge in [-0.1, -0.05) is 0 Å². The Bertz CT molecular complexity index is 711. The monoisotopic (exact) mass is 329 g/mol. The first-order valence-electron chi connectivity index (χ1n) is 9.07. The van der Waals surface area contributed by atoms with Gasteiger partial charge >= 0.3 is 0 Å². The Balaban J connectivity index is 1.46. The summed E-state index contributed by atoms with van der Waals surface area (Å²) in [5.74, 6) is 2.05. The molecular formula is C17H27N7. The molecular weight excluding hydrogens is 302 g/mol. The van der Waals surface area contributed by atoms with Gasteiger partial charge < -0.3 is 15.5 Å². The van der Waals surface area contributed by atoms with Crippen LogP contribution in [0.25, 0.3) is 11.0 Å². The topological polar surface area (TPSA) is 76.1 Å². The Morgan fingerprint density at radius 2 is 1.83 bits per heavy atom. The molecule has 0 bridgehead atoms. The lowest BCUT2D eigenvalue weighted by atomic mass is 9.89. The summed E-state index contributed by atoms with van der Waals surface area (Å²) in [7, 11) is 1.89. The first kappa shape index (κ1) is 15.6. The molecule has 0 radical (unpaired) electrons. The second kappa shape index (κ2) is 6.20. The molecule has 7 nitrogen and oxygen atoms in total. The van der Waals surface area contributed by atoms with E-state index in [1.165, 1.54) is 38.8 Å². The second-order valence-electron chi connectivity index (χ2n) is 7.22. The predicted octanol–water partition coefficient (Wildman–Crippen LogP) is 1.65. The Hall–Kier alpha value is -1.89. The fourth-order valence-electron chi connectivity index (χ4n) is 4.20. The number of hydrogen-bond acceptors (Lipinski definition) is 6. The lowest BCUT2D eigenvalue weighted by Crippen LogP contribution is -2.43. The van der Waals surface area contributed by atoms with Crippen LogP contribution < -0.4 is 10.6 Å². The molecule has 7 heteroatoms. The first-order valence-corrected chi connectivity index (χ1v) is 9.07. The Morgan fingerprint density at radius 1 is 1.12 bits per heavy atom. The van der Waals surface area contributed by atoms with E-state index < -0.39 is 0 Å². The predicted molar refractivity (Wildman–Crippen MR) is 95.9 cm³/mol. The number of nitrogens with two attached hydrogens (primary N) is 1. The largest absolute Gasteiger partial charge is 0.383 e. The molecule has 2 aliphatic heterocycles. The molecule has 0 aromatic carbocycles. The minimum Gasteiger partial charge on any atom is -0.383 e. The van der Waals surface area contributed by atoms with Crippen LogP contribution in [0.4, 0.5) is 11.8 Å². The molecule has 0 spiro atoms. The molecule has 4 rings (SSSR count). The van der Waals surface area contributed by atoms with Gasteiger partial charge in [-0.15, -0.1) is 0 Å². The van der Waals surface area contributed by atoms with Gasteiger partial charge in [0, 0.05) is 26.2 Å². The second-order valence-corrected chi connectivity index (χ2v) is 7.22. The molecule has 0 saturated carbocycles. The maximum atomic E-state index is 6.10. The normalized spacial score (nSPS) is 21.7. The van der Waals surface area contributed by atoms with E-state index in [2.05, 4.69) is 26.8 Å². The minimum absolute atomic E-state index is 0.524. The van der Waals surface area contributed by atoms with Crippen molar-refractivity contribution < 1.29 is 0 Å². The Kier molecular flexibility index (Phi) is 4.04. The van der Waals surface area contributed by atoms with Gasteiger partial charge in [-0.3, -0.25) is 4.68 Å². The zero-order valence-electron chi connectivity index (χ0n) is 14.6. The summed E-state index contributed by atoms with van der Waals surface area (Å²) in [5, 5.41) is 5.06. The van der Waals surface area contributed by atoms with Crippen LogP contribution in [0.15, 0.2) is 6.20 Å². The van der Waals surface area contributed by atoms with Crippen molar-refractivity contribution in [3.05, 3.63) is 6.20 Å². The molecule has 2 aromatic heterocycles. The van der Waals surface area contributed by atoms with Crippen LogP contribution in [-0.2, 0) is 7.05 Å². The highest BCUT2D eigenvalue weighted by Gasteiger charge is 2.30. The molecule has 2 aliphatic rings. The van der Waals surface area contributed by atoms with Crippen molar-refractivity contribution in [3.63, 3.8) is 0 Å². The summed E-state index contributed by atoms with van der Waals surface area (Å²) < 4.78 is 1.76. The van der Waals surface area contributed by atoms with Gasteiger partial charge in [0.1, 0.15) is 5.82 Å². The van der Waals surface area contributed by atoms with Crippen molar-refractivity contribution in [1.82, 2.24) is 24.6 Å². The summed E-state index contributed by atoms with van der Waals surface area (Å²) in [5.41, 5.74) is 6.91. The zero-order valence-corrected chi connectivity index (χ0v) is 14.6. The van der Waals surface area contributed by atoms with Crippen LogP contribution >= 0.6 is 0 Å². The third kappa shape index (κ3) is 2.70. The molecule has 2 aromatic rings.